The van der Waals surface area contributed by atoms with Gasteiger partial charge in [-0.15, -0.1) is 5.10 Å². The minimum Gasteiger partial charge on any atom is -0.460 e. The minimum absolute atomic E-state index is 0.106. The first kappa shape index (κ1) is 42.9. The Hall–Kier alpha value is -3.84. The zero-order valence-corrected chi connectivity index (χ0v) is 33.8. The maximum Gasteiger partial charge on any atom is 0.323 e. The molecule has 1 atom stereocenters. The average Bonchev–Trinajstić information content (AvgIpc) is 3.65. The molecule has 54 heavy (non-hydrogen) atoms. The van der Waals surface area contributed by atoms with Gasteiger partial charge in [-0.3, -0.25) is 4.79 Å². The van der Waals surface area contributed by atoms with Crippen LogP contribution in [0.1, 0.15) is 153 Å². The van der Waals surface area contributed by atoms with E-state index in [-0.39, 0.29) is 24.5 Å². The van der Waals surface area contributed by atoms with E-state index in [4.69, 9.17) is 4.74 Å². The molecule has 0 radical (unpaired) electrons. The third kappa shape index (κ3) is 16.3. The summed E-state index contributed by atoms with van der Waals surface area (Å²) in [5, 5.41) is 15.2. The minimum atomic E-state index is -0.382. The van der Waals surface area contributed by atoms with Crippen LogP contribution in [0, 0.1) is 5.92 Å². The first-order chi connectivity index (χ1) is 26.5. The Bertz CT molecular complexity index is 1470. The Morgan fingerprint density at radius 1 is 0.611 bits per heavy atom. The molecule has 0 aliphatic heterocycles. The molecule has 0 amide bonds. The Kier molecular flexibility index (Phi) is 20.7. The molecule has 1 unspecified atom stereocenters. The number of carbonyl (C=O) groups excluding carboxylic acids is 1. The van der Waals surface area contributed by atoms with Gasteiger partial charge in [0.15, 0.2) is 5.82 Å². The van der Waals surface area contributed by atoms with E-state index in [1.165, 1.54) is 128 Å². The summed E-state index contributed by atoms with van der Waals surface area (Å²) in [6.07, 6.45) is 30.0. The molecule has 2 saturated carbocycles. The molecule has 1 aromatic heterocycles. The van der Waals surface area contributed by atoms with Gasteiger partial charge in [0.2, 0.25) is 0 Å². The second-order valence-electron chi connectivity index (χ2n) is 15.6. The standard InChI is InChI=1S/C27H29N5O2.2C10H20/c1-19(2)25(27(33)34-18-21-9-5-4-6-10-21)28-17-20-13-15-22(16-14-20)23-11-7-8-12-24(23)26-29-30-31-32(26)3;2*1-2-4-6-8-10-9-7-5-3-1/h4-16,19,25,28H,17-18H2,1-3H3;2*1-10H2. The monoisotopic (exact) mass is 736 g/mol. The number of benzene rings is 3. The van der Waals surface area contributed by atoms with Crippen LogP contribution in [-0.4, -0.2) is 32.2 Å². The summed E-state index contributed by atoms with van der Waals surface area (Å²) >= 11 is 0. The summed E-state index contributed by atoms with van der Waals surface area (Å²) in [4.78, 5) is 12.7. The second kappa shape index (κ2) is 26.0. The van der Waals surface area contributed by atoms with Crippen molar-refractivity contribution in [2.75, 3.05) is 0 Å². The molecule has 1 heterocycles. The number of rotatable bonds is 9. The highest BCUT2D eigenvalue weighted by Gasteiger charge is 2.23. The highest BCUT2D eigenvalue weighted by Crippen LogP contribution is 2.30. The summed E-state index contributed by atoms with van der Waals surface area (Å²) in [5.74, 6) is 0.589. The zero-order valence-electron chi connectivity index (χ0n) is 33.8. The van der Waals surface area contributed by atoms with Gasteiger partial charge in [0.25, 0.3) is 0 Å². The number of nitrogens with one attached hydrogen (secondary N) is 1. The van der Waals surface area contributed by atoms with E-state index in [1.807, 2.05) is 69.4 Å². The van der Waals surface area contributed by atoms with Crippen LogP contribution in [0.25, 0.3) is 22.5 Å². The Balaban J connectivity index is 0.000000263. The maximum atomic E-state index is 12.7. The molecule has 7 nitrogen and oxygen atoms in total. The fourth-order valence-corrected chi connectivity index (χ4v) is 7.36. The predicted molar refractivity (Wildman–Crippen MR) is 224 cm³/mol. The first-order valence-corrected chi connectivity index (χ1v) is 21.4. The van der Waals surface area contributed by atoms with E-state index in [9.17, 15) is 4.79 Å². The van der Waals surface area contributed by atoms with Gasteiger partial charge in [0.1, 0.15) is 12.6 Å². The number of carbonyl (C=O) groups is 1. The number of tetrazole rings is 1. The molecule has 0 spiro atoms. The number of hydrogen-bond donors (Lipinski definition) is 1. The van der Waals surface area contributed by atoms with Crippen LogP contribution >= 0.6 is 0 Å². The molecule has 6 rings (SSSR count). The molecule has 2 aliphatic rings. The fourth-order valence-electron chi connectivity index (χ4n) is 7.36. The molecular weight excluding hydrogens is 667 g/mol. The van der Waals surface area contributed by atoms with Gasteiger partial charge in [0, 0.05) is 19.2 Å². The Morgan fingerprint density at radius 3 is 1.48 bits per heavy atom. The number of esters is 1. The molecule has 294 valence electrons. The van der Waals surface area contributed by atoms with Gasteiger partial charge in [0.05, 0.1) is 0 Å². The van der Waals surface area contributed by atoms with Crippen molar-refractivity contribution in [3.05, 3.63) is 90.0 Å². The quantitative estimate of drug-likeness (QED) is 0.172. The van der Waals surface area contributed by atoms with Gasteiger partial charge in [-0.25, -0.2) is 4.68 Å². The van der Waals surface area contributed by atoms with Crippen LogP contribution in [-0.2, 0) is 29.7 Å². The molecule has 3 aromatic carbocycles. The van der Waals surface area contributed by atoms with Crippen molar-refractivity contribution in [3.8, 4) is 22.5 Å². The number of aromatic nitrogens is 4. The lowest BCUT2D eigenvalue weighted by molar-refractivity contribution is -0.148. The third-order valence-electron chi connectivity index (χ3n) is 10.7. The van der Waals surface area contributed by atoms with Gasteiger partial charge >= 0.3 is 5.97 Å². The van der Waals surface area contributed by atoms with E-state index in [2.05, 4.69) is 51.2 Å². The smallest absolute Gasteiger partial charge is 0.323 e. The molecule has 2 aliphatic carbocycles. The number of nitrogens with zero attached hydrogens (tertiary/aromatic N) is 4. The Labute approximate surface area is 327 Å². The van der Waals surface area contributed by atoms with Crippen molar-refractivity contribution in [3.63, 3.8) is 0 Å². The highest BCUT2D eigenvalue weighted by molar-refractivity contribution is 5.80. The normalized spacial score (nSPS) is 16.4. The maximum absolute atomic E-state index is 12.7. The summed E-state index contributed by atoms with van der Waals surface area (Å²) < 4.78 is 7.22. The predicted octanol–water partition coefficient (Wildman–Crippen LogP) is 12.2. The molecule has 0 bridgehead atoms. The largest absolute Gasteiger partial charge is 0.460 e. The van der Waals surface area contributed by atoms with Crippen molar-refractivity contribution in [2.24, 2.45) is 13.0 Å². The third-order valence-corrected chi connectivity index (χ3v) is 10.7. The highest BCUT2D eigenvalue weighted by atomic mass is 16.5. The number of aryl methyl sites for hydroxylation is 1. The summed E-state index contributed by atoms with van der Waals surface area (Å²) in [6, 6.07) is 25.7. The fraction of sp³-hybridized carbons (Fsp3) is 0.574. The molecule has 4 aromatic rings. The molecular formula is C47H69N5O2. The molecule has 0 saturated heterocycles. The topological polar surface area (TPSA) is 81.9 Å². The average molecular weight is 736 g/mol. The summed E-state index contributed by atoms with van der Waals surface area (Å²) in [6.45, 7) is 4.88. The van der Waals surface area contributed by atoms with Crippen LogP contribution in [0.2, 0.25) is 0 Å². The summed E-state index contributed by atoms with van der Waals surface area (Å²) in [7, 11) is 1.83. The lowest BCUT2D eigenvalue weighted by atomic mass is 9.98. The molecule has 7 heteroatoms. The first-order valence-electron chi connectivity index (χ1n) is 21.4. The second-order valence-corrected chi connectivity index (χ2v) is 15.6. The number of ether oxygens (including phenoxy) is 1. The van der Waals surface area contributed by atoms with Gasteiger partial charge in [-0.05, 0) is 38.6 Å². The Morgan fingerprint density at radius 2 is 1.06 bits per heavy atom. The van der Waals surface area contributed by atoms with E-state index in [0.29, 0.717) is 6.54 Å². The van der Waals surface area contributed by atoms with Crippen molar-refractivity contribution < 1.29 is 9.53 Å². The summed E-state index contributed by atoms with van der Waals surface area (Å²) in [5.41, 5.74) is 5.17. The van der Waals surface area contributed by atoms with E-state index in [1.54, 1.807) is 4.68 Å². The van der Waals surface area contributed by atoms with Crippen LogP contribution < -0.4 is 5.32 Å². The van der Waals surface area contributed by atoms with Crippen LogP contribution in [0.3, 0.4) is 0 Å². The lowest BCUT2D eigenvalue weighted by Gasteiger charge is -2.21. The van der Waals surface area contributed by atoms with Gasteiger partial charge in [-0.2, -0.15) is 0 Å². The zero-order chi connectivity index (χ0) is 38.1. The van der Waals surface area contributed by atoms with Crippen molar-refractivity contribution in [1.29, 1.82) is 0 Å². The van der Waals surface area contributed by atoms with E-state index in [0.717, 1.165) is 33.6 Å². The molecule has 1 N–H and O–H groups in total. The van der Waals surface area contributed by atoms with Crippen LogP contribution in [0.4, 0.5) is 0 Å². The SMILES string of the molecule is C1CCCCCCCCC1.C1CCCCCCCCC1.CC(C)C(NCc1ccc(-c2ccccc2-c2nnnn2C)cc1)C(=O)OCc1ccccc1. The van der Waals surface area contributed by atoms with Crippen molar-refractivity contribution >= 4 is 5.97 Å². The van der Waals surface area contributed by atoms with E-state index < -0.39 is 0 Å². The van der Waals surface area contributed by atoms with Gasteiger partial charge < -0.3 is 10.1 Å². The van der Waals surface area contributed by atoms with Crippen molar-refractivity contribution in [1.82, 2.24) is 25.5 Å². The molecule has 2 fully saturated rings. The van der Waals surface area contributed by atoms with Crippen molar-refractivity contribution in [2.45, 2.75) is 161 Å². The van der Waals surface area contributed by atoms with Crippen LogP contribution in [0.15, 0.2) is 78.9 Å². The van der Waals surface area contributed by atoms with E-state index >= 15 is 0 Å². The number of hydrogen-bond acceptors (Lipinski definition) is 6. The van der Waals surface area contributed by atoms with Gasteiger partial charge in [-0.1, -0.05) is 221 Å². The lowest BCUT2D eigenvalue weighted by Crippen LogP contribution is -2.41. The van der Waals surface area contributed by atoms with Crippen LogP contribution in [0.5, 0.6) is 0 Å².